The molecule has 3 aliphatic heterocycles. The molecule has 2 atom stereocenters. The van der Waals surface area contributed by atoms with Crippen molar-refractivity contribution in [2.75, 3.05) is 38.3 Å². The number of rotatable bonds is 13. The quantitative estimate of drug-likeness (QED) is 0.0769. The van der Waals surface area contributed by atoms with Crippen molar-refractivity contribution in [3.8, 4) is 11.5 Å². The van der Waals surface area contributed by atoms with E-state index in [4.69, 9.17) is 42.1 Å². The number of fused-ring (bicyclic) bond motifs is 3. The van der Waals surface area contributed by atoms with E-state index in [2.05, 4.69) is 4.90 Å². The molecule has 2 bridgehead atoms. The van der Waals surface area contributed by atoms with Crippen LogP contribution in [-0.4, -0.2) is 56.4 Å². The first-order chi connectivity index (χ1) is 25.6. The molecule has 3 aromatic carbocycles. The van der Waals surface area contributed by atoms with Gasteiger partial charge in [0.05, 0.1) is 31.5 Å². The Hall–Kier alpha value is -4.58. The van der Waals surface area contributed by atoms with Gasteiger partial charge in [-0.1, -0.05) is 53.5 Å². The van der Waals surface area contributed by atoms with Gasteiger partial charge < -0.3 is 24.2 Å². The molecular formula is C40H40Cl2FN3O7. The third-order valence-electron chi connectivity index (χ3n) is 10.2. The van der Waals surface area contributed by atoms with Gasteiger partial charge in [0, 0.05) is 18.5 Å². The average molecular weight is 765 g/mol. The molecule has 1 amide bonds. The number of piperidine rings is 3. The van der Waals surface area contributed by atoms with E-state index in [0.29, 0.717) is 52.0 Å². The third kappa shape index (κ3) is 8.80. The summed E-state index contributed by atoms with van der Waals surface area (Å²) in [5.74, 6) is 0.653. The van der Waals surface area contributed by atoms with Gasteiger partial charge >= 0.3 is 12.1 Å². The molecule has 278 valence electrons. The van der Waals surface area contributed by atoms with Crippen LogP contribution in [-0.2, 0) is 22.4 Å². The Morgan fingerprint density at radius 1 is 0.981 bits per heavy atom. The highest BCUT2D eigenvalue weighted by atomic mass is 35.5. The third-order valence-corrected chi connectivity index (χ3v) is 10.8. The summed E-state index contributed by atoms with van der Waals surface area (Å²) in [7, 11) is 1.55. The van der Waals surface area contributed by atoms with E-state index in [0.717, 1.165) is 38.8 Å². The summed E-state index contributed by atoms with van der Waals surface area (Å²) in [6.45, 7) is 3.22. The predicted octanol–water partition coefficient (Wildman–Crippen LogP) is 7.94. The van der Waals surface area contributed by atoms with Crippen LogP contribution < -0.4 is 19.1 Å². The summed E-state index contributed by atoms with van der Waals surface area (Å²) in [5, 5.41) is 12.2. The normalized spacial score (nSPS) is 19.7. The lowest BCUT2D eigenvalue weighted by molar-refractivity contribution is -0.605. The number of anilines is 1. The number of carbonyl (C=O) groups excluding carboxylic acids is 2. The second-order valence-electron chi connectivity index (χ2n) is 13.8. The fourth-order valence-electron chi connectivity index (χ4n) is 6.92. The molecule has 53 heavy (non-hydrogen) atoms. The number of hydrogen-bond donors (Lipinski definition) is 0. The number of hydrogen-bond acceptors (Lipinski definition) is 8. The van der Waals surface area contributed by atoms with Crippen molar-refractivity contribution in [2.45, 2.75) is 50.9 Å². The molecule has 3 saturated heterocycles. The van der Waals surface area contributed by atoms with Crippen molar-refractivity contribution in [3.05, 3.63) is 122 Å². The minimum Gasteiger partial charge on any atom is -0.619 e. The molecule has 13 heteroatoms. The van der Waals surface area contributed by atoms with Crippen molar-refractivity contribution in [3.63, 3.8) is 0 Å². The van der Waals surface area contributed by atoms with E-state index in [9.17, 15) is 14.8 Å². The molecule has 1 saturated carbocycles. The highest BCUT2D eigenvalue weighted by molar-refractivity contribution is 6.35. The second-order valence-corrected chi connectivity index (χ2v) is 14.7. The maximum atomic E-state index is 15.1. The summed E-state index contributed by atoms with van der Waals surface area (Å²) in [4.78, 5) is 30.9. The van der Waals surface area contributed by atoms with E-state index in [1.165, 1.54) is 23.4 Å². The molecule has 0 N–H and O–H groups in total. The summed E-state index contributed by atoms with van der Waals surface area (Å²) in [6, 6.07) is 17.9. The fraction of sp³-hybridized carbons (Fsp3) is 0.375. The zero-order valence-corrected chi connectivity index (χ0v) is 30.7. The molecule has 4 aliphatic rings. The van der Waals surface area contributed by atoms with Gasteiger partial charge in [0.25, 0.3) is 0 Å². The van der Waals surface area contributed by atoms with Crippen molar-refractivity contribution in [1.29, 1.82) is 0 Å². The summed E-state index contributed by atoms with van der Waals surface area (Å²) >= 11 is 12.9. The van der Waals surface area contributed by atoms with Gasteiger partial charge in [-0.25, -0.2) is 14.0 Å². The lowest BCUT2D eigenvalue weighted by Gasteiger charge is -2.44. The number of amides is 1. The molecule has 10 nitrogen and oxygen atoms in total. The van der Waals surface area contributed by atoms with Crippen LogP contribution in [0.15, 0.2) is 79.1 Å². The molecule has 1 aliphatic carbocycles. The molecule has 8 rings (SSSR count). The molecular weight excluding hydrogens is 724 g/mol. The van der Waals surface area contributed by atoms with Crippen LogP contribution in [0.5, 0.6) is 11.5 Å². The van der Waals surface area contributed by atoms with Crippen molar-refractivity contribution in [1.82, 2.24) is 4.90 Å². The molecule has 4 aromatic rings. The first-order valence-corrected chi connectivity index (χ1v) is 18.5. The van der Waals surface area contributed by atoms with E-state index >= 15 is 4.39 Å². The van der Waals surface area contributed by atoms with Gasteiger partial charge in [-0.3, -0.25) is 9.80 Å². The minimum atomic E-state index is -0.883. The number of nitrogens with zero attached hydrogens (tertiary/aromatic N) is 3. The Bertz CT molecular complexity index is 1930. The topological polar surface area (TPSA) is 104 Å². The average Bonchev–Trinajstić information content (AvgIpc) is 3.99. The molecule has 1 aromatic heterocycles. The monoisotopic (exact) mass is 763 g/mol. The van der Waals surface area contributed by atoms with E-state index in [1.807, 2.05) is 0 Å². The van der Waals surface area contributed by atoms with Gasteiger partial charge in [-0.2, -0.15) is 4.73 Å². The number of aromatic nitrogens is 1. The number of esters is 1. The van der Waals surface area contributed by atoms with Gasteiger partial charge in [0.2, 0.25) is 0 Å². The Morgan fingerprint density at radius 3 is 2.34 bits per heavy atom. The van der Waals surface area contributed by atoms with E-state index in [-0.39, 0.29) is 46.3 Å². The maximum Gasteiger partial charge on any atom is 0.415 e. The number of methoxy groups -OCH3 is 1. The van der Waals surface area contributed by atoms with Crippen LogP contribution in [0, 0.1) is 22.9 Å². The number of carbonyl (C=O) groups is 2. The highest BCUT2D eigenvalue weighted by Gasteiger charge is 2.38. The van der Waals surface area contributed by atoms with Crippen LogP contribution in [0.1, 0.15) is 58.8 Å². The molecule has 1 unspecified atom stereocenters. The van der Waals surface area contributed by atoms with Gasteiger partial charge in [0.1, 0.15) is 28.1 Å². The smallest absolute Gasteiger partial charge is 0.415 e. The van der Waals surface area contributed by atoms with Gasteiger partial charge in [-0.05, 0) is 98.1 Å². The first kappa shape index (κ1) is 36.8. The zero-order valence-electron chi connectivity index (χ0n) is 29.2. The van der Waals surface area contributed by atoms with Crippen molar-refractivity contribution in [2.24, 2.45) is 11.8 Å². The highest BCUT2D eigenvalue weighted by Crippen LogP contribution is 2.38. The number of pyridine rings is 1. The van der Waals surface area contributed by atoms with Crippen molar-refractivity contribution < 1.29 is 37.7 Å². The summed E-state index contributed by atoms with van der Waals surface area (Å²) in [5.41, 5.74) is 2.03. The molecule has 0 spiro atoms. The second kappa shape index (κ2) is 16.2. The number of para-hydroxylation sites is 1. The van der Waals surface area contributed by atoms with Gasteiger partial charge in [-0.15, -0.1) is 0 Å². The number of ether oxygens (including phenoxy) is 4. The van der Waals surface area contributed by atoms with Crippen LogP contribution >= 0.6 is 23.2 Å². The lowest BCUT2D eigenvalue weighted by Crippen LogP contribution is -2.53. The maximum absolute atomic E-state index is 15.1. The predicted molar refractivity (Wildman–Crippen MR) is 197 cm³/mol. The number of halogens is 3. The standard InChI is InChI=1S/C40H40Cl2FN3O7/c1-50-35-13-12-29(18-37(35)51-24-26-6-7-26)36(19-30-31(41)21-45(49)22-32(30)42)52-39(47)28-10-8-25(9-11-28)20-46(34-5-3-2-4-33(34)43)40(48)53-38-23-44-16-14-27(38)15-17-44/h2-5,8-13,18,21-22,26-27,36,38H,6-7,14-17,19-20,23-24H2,1H3/t36?,38-/m0/s1. The van der Waals surface area contributed by atoms with E-state index in [1.54, 1.807) is 67.8 Å². The van der Waals surface area contributed by atoms with Crippen molar-refractivity contribution >= 4 is 41.0 Å². The molecule has 4 heterocycles. The Kier molecular flexibility index (Phi) is 11.2. The van der Waals surface area contributed by atoms with Crippen LogP contribution in [0.4, 0.5) is 14.9 Å². The van der Waals surface area contributed by atoms with Crippen LogP contribution in [0.3, 0.4) is 0 Å². The minimum absolute atomic E-state index is 0.0129. The van der Waals surface area contributed by atoms with E-state index < -0.39 is 24.0 Å². The van der Waals surface area contributed by atoms with Crippen LogP contribution in [0.25, 0.3) is 0 Å². The summed E-state index contributed by atoms with van der Waals surface area (Å²) in [6.07, 6.45) is 4.84. The zero-order chi connectivity index (χ0) is 37.1. The summed E-state index contributed by atoms with van der Waals surface area (Å²) < 4.78 is 39.3. The number of benzene rings is 3. The largest absolute Gasteiger partial charge is 0.619 e. The molecule has 4 fully saturated rings. The Balaban J connectivity index is 1.11. The first-order valence-electron chi connectivity index (χ1n) is 17.8. The van der Waals surface area contributed by atoms with Gasteiger partial charge in [0.15, 0.2) is 23.9 Å². The Morgan fingerprint density at radius 2 is 1.70 bits per heavy atom. The fourth-order valence-corrected chi connectivity index (χ4v) is 7.52. The van der Waals surface area contributed by atoms with Crippen LogP contribution in [0.2, 0.25) is 10.0 Å². The Labute approximate surface area is 317 Å². The lowest BCUT2D eigenvalue weighted by atomic mass is 9.86. The molecule has 0 radical (unpaired) electrons. The SMILES string of the molecule is COc1ccc(C(Cc2c(Cl)c[n+]([O-])cc2Cl)OC(=O)c2ccc(CN(C(=O)O[C@H]3CN4CCC3CC4)c3ccccc3F)cc2)cc1OCC1CC1.